The van der Waals surface area contributed by atoms with Gasteiger partial charge in [-0.25, -0.2) is 0 Å². The molecule has 0 bridgehead atoms. The molecule has 1 N–H and O–H groups in total. The maximum Gasteiger partial charge on any atom is 0.0518 e. The summed E-state index contributed by atoms with van der Waals surface area (Å²) in [6.07, 6.45) is 5.30. The summed E-state index contributed by atoms with van der Waals surface area (Å²) >= 11 is 0. The van der Waals surface area contributed by atoms with Crippen LogP contribution in [0.3, 0.4) is 0 Å². The molecule has 0 aromatic rings. The molecule has 0 fully saturated rings. The number of hydrogen-bond acceptors (Lipinski definition) is 2. The fraction of sp³-hybridized carbons (Fsp3) is 1.00. The fourth-order valence-electron chi connectivity index (χ4n) is 1.74. The van der Waals surface area contributed by atoms with Gasteiger partial charge in [0.15, 0.2) is 0 Å². The van der Waals surface area contributed by atoms with E-state index in [2.05, 4.69) is 39.9 Å². The highest BCUT2D eigenvalue weighted by Gasteiger charge is 2.09. The van der Waals surface area contributed by atoms with Gasteiger partial charge in [-0.15, -0.1) is 0 Å². The fourth-order valence-corrected chi connectivity index (χ4v) is 1.74. The third-order valence-electron chi connectivity index (χ3n) is 3.08. The normalized spacial score (nSPS) is 15.4. The number of rotatable bonds is 10. The van der Waals surface area contributed by atoms with Gasteiger partial charge in [0.1, 0.15) is 0 Å². The van der Waals surface area contributed by atoms with Crippen LogP contribution in [0.2, 0.25) is 0 Å². The minimum atomic E-state index is 0.363. The molecule has 0 saturated heterocycles. The first-order chi connectivity index (χ1) is 7.60. The molecule has 0 aliphatic carbocycles. The van der Waals surface area contributed by atoms with Gasteiger partial charge in [-0.1, -0.05) is 27.2 Å². The van der Waals surface area contributed by atoms with Gasteiger partial charge < -0.3 is 10.1 Å². The topological polar surface area (TPSA) is 21.3 Å². The van der Waals surface area contributed by atoms with Crippen molar-refractivity contribution in [2.24, 2.45) is 5.92 Å². The first-order valence-corrected chi connectivity index (χ1v) is 6.95. The Morgan fingerprint density at radius 3 is 2.25 bits per heavy atom. The third-order valence-corrected chi connectivity index (χ3v) is 3.08. The molecule has 16 heavy (non-hydrogen) atoms. The van der Waals surface area contributed by atoms with Crippen molar-refractivity contribution in [1.29, 1.82) is 0 Å². The van der Waals surface area contributed by atoms with Gasteiger partial charge >= 0.3 is 0 Å². The summed E-state index contributed by atoms with van der Waals surface area (Å²) in [7, 11) is 0. The maximum atomic E-state index is 5.52. The van der Waals surface area contributed by atoms with Crippen molar-refractivity contribution in [2.45, 2.75) is 72.4 Å². The Hall–Kier alpha value is -0.0800. The molecule has 2 unspecified atom stereocenters. The van der Waals surface area contributed by atoms with Gasteiger partial charge in [-0.3, -0.25) is 0 Å². The molecular formula is C14H31NO. The van der Waals surface area contributed by atoms with E-state index in [4.69, 9.17) is 4.74 Å². The van der Waals surface area contributed by atoms with Gasteiger partial charge in [-0.2, -0.15) is 0 Å². The SMILES string of the molecule is CCC(C)CC(CC)NCCCOC(C)C. The molecule has 2 heteroatoms. The van der Waals surface area contributed by atoms with E-state index < -0.39 is 0 Å². The Morgan fingerprint density at radius 2 is 1.75 bits per heavy atom. The lowest BCUT2D eigenvalue weighted by molar-refractivity contribution is 0.0765. The Balaban J connectivity index is 3.48. The van der Waals surface area contributed by atoms with Crippen LogP contribution < -0.4 is 5.32 Å². The summed E-state index contributed by atoms with van der Waals surface area (Å²) in [5.74, 6) is 0.837. The van der Waals surface area contributed by atoms with E-state index in [0.717, 1.165) is 25.5 Å². The van der Waals surface area contributed by atoms with E-state index in [1.807, 2.05) is 0 Å². The lowest BCUT2D eigenvalue weighted by atomic mass is 9.98. The molecule has 0 heterocycles. The smallest absolute Gasteiger partial charge is 0.0518 e. The van der Waals surface area contributed by atoms with Crippen LogP contribution in [0.1, 0.15) is 60.3 Å². The second-order valence-electron chi connectivity index (χ2n) is 5.08. The minimum absolute atomic E-state index is 0.363. The monoisotopic (exact) mass is 229 g/mol. The lowest BCUT2D eigenvalue weighted by Crippen LogP contribution is -2.31. The molecule has 2 nitrogen and oxygen atoms in total. The predicted molar refractivity (Wildman–Crippen MR) is 71.9 cm³/mol. The van der Waals surface area contributed by atoms with Crippen LogP contribution in [-0.4, -0.2) is 25.3 Å². The van der Waals surface area contributed by atoms with Crippen molar-refractivity contribution in [2.75, 3.05) is 13.2 Å². The quantitative estimate of drug-likeness (QED) is 0.578. The third kappa shape index (κ3) is 9.17. The van der Waals surface area contributed by atoms with E-state index >= 15 is 0 Å². The van der Waals surface area contributed by atoms with Crippen LogP contribution in [0.5, 0.6) is 0 Å². The zero-order valence-corrected chi connectivity index (χ0v) is 11.9. The molecule has 98 valence electrons. The van der Waals surface area contributed by atoms with Gasteiger partial charge in [0.25, 0.3) is 0 Å². The highest BCUT2D eigenvalue weighted by molar-refractivity contribution is 4.67. The largest absolute Gasteiger partial charge is 0.379 e. The molecule has 0 aromatic carbocycles. The number of ether oxygens (including phenoxy) is 1. The van der Waals surface area contributed by atoms with Crippen LogP contribution >= 0.6 is 0 Å². The van der Waals surface area contributed by atoms with Crippen molar-refractivity contribution in [1.82, 2.24) is 5.32 Å². The molecule has 0 saturated carbocycles. The van der Waals surface area contributed by atoms with E-state index in [0.29, 0.717) is 12.1 Å². The van der Waals surface area contributed by atoms with Crippen LogP contribution in [-0.2, 0) is 4.74 Å². The average Bonchev–Trinajstić information content (AvgIpc) is 2.26. The molecule has 0 spiro atoms. The molecule has 0 aromatic heterocycles. The first-order valence-electron chi connectivity index (χ1n) is 6.95. The Bertz CT molecular complexity index is 148. The van der Waals surface area contributed by atoms with Crippen LogP contribution in [0, 0.1) is 5.92 Å². The van der Waals surface area contributed by atoms with Crippen LogP contribution in [0.4, 0.5) is 0 Å². The zero-order chi connectivity index (χ0) is 12.4. The van der Waals surface area contributed by atoms with Crippen molar-refractivity contribution in [3.05, 3.63) is 0 Å². The summed E-state index contributed by atoms with van der Waals surface area (Å²) in [5, 5.41) is 3.63. The molecule has 0 aliphatic rings. The molecule has 0 aliphatic heterocycles. The van der Waals surface area contributed by atoms with Crippen molar-refractivity contribution in [3.63, 3.8) is 0 Å². The predicted octanol–water partition coefficient (Wildman–Crippen LogP) is 3.61. The molecule has 2 atom stereocenters. The van der Waals surface area contributed by atoms with E-state index in [1.165, 1.54) is 19.3 Å². The molecule has 0 amide bonds. The van der Waals surface area contributed by atoms with Crippen LogP contribution in [0.25, 0.3) is 0 Å². The number of hydrogen-bond donors (Lipinski definition) is 1. The van der Waals surface area contributed by atoms with Crippen LogP contribution in [0.15, 0.2) is 0 Å². The van der Waals surface area contributed by atoms with Crippen molar-refractivity contribution < 1.29 is 4.74 Å². The van der Waals surface area contributed by atoms with Crippen molar-refractivity contribution in [3.8, 4) is 0 Å². The van der Waals surface area contributed by atoms with Gasteiger partial charge in [0, 0.05) is 12.6 Å². The highest BCUT2D eigenvalue weighted by atomic mass is 16.5. The second kappa shape index (κ2) is 10.1. The van der Waals surface area contributed by atoms with Gasteiger partial charge in [-0.05, 0) is 45.6 Å². The Kier molecular flexibility index (Phi) is 10.0. The zero-order valence-electron chi connectivity index (χ0n) is 11.9. The lowest BCUT2D eigenvalue weighted by Gasteiger charge is -2.20. The van der Waals surface area contributed by atoms with Crippen molar-refractivity contribution >= 4 is 0 Å². The summed E-state index contributed by atoms with van der Waals surface area (Å²) in [6.45, 7) is 13.0. The van der Waals surface area contributed by atoms with E-state index in [9.17, 15) is 0 Å². The number of nitrogens with one attached hydrogen (secondary N) is 1. The highest BCUT2D eigenvalue weighted by Crippen LogP contribution is 2.11. The molecular weight excluding hydrogens is 198 g/mol. The second-order valence-corrected chi connectivity index (χ2v) is 5.08. The summed E-state index contributed by atoms with van der Waals surface area (Å²) in [6, 6.07) is 0.689. The average molecular weight is 229 g/mol. The molecule has 0 rings (SSSR count). The van der Waals surface area contributed by atoms with E-state index in [1.54, 1.807) is 0 Å². The van der Waals surface area contributed by atoms with Gasteiger partial charge in [0.2, 0.25) is 0 Å². The minimum Gasteiger partial charge on any atom is -0.379 e. The summed E-state index contributed by atoms with van der Waals surface area (Å²) < 4.78 is 5.52. The first kappa shape index (κ1) is 15.9. The molecule has 0 radical (unpaired) electrons. The van der Waals surface area contributed by atoms with E-state index in [-0.39, 0.29) is 0 Å². The Morgan fingerprint density at radius 1 is 1.06 bits per heavy atom. The van der Waals surface area contributed by atoms with Gasteiger partial charge in [0.05, 0.1) is 6.10 Å². The maximum absolute atomic E-state index is 5.52. The standard InChI is InChI=1S/C14H31NO/c1-6-13(5)11-14(7-2)15-9-8-10-16-12(3)4/h12-15H,6-11H2,1-5H3. The summed E-state index contributed by atoms with van der Waals surface area (Å²) in [5.41, 5.74) is 0. The Labute approximate surface area is 102 Å². The summed E-state index contributed by atoms with van der Waals surface area (Å²) in [4.78, 5) is 0.